The number of benzene rings is 2. The lowest BCUT2D eigenvalue weighted by atomic mass is 9.94. The lowest BCUT2D eigenvalue weighted by Crippen LogP contribution is -2.31. The molecule has 0 saturated carbocycles. The van der Waals surface area contributed by atoms with Gasteiger partial charge in [0.05, 0.1) is 18.2 Å². The Morgan fingerprint density at radius 3 is 2.73 bits per heavy atom. The van der Waals surface area contributed by atoms with Crippen molar-refractivity contribution in [2.45, 2.75) is 38.8 Å². The highest BCUT2D eigenvalue weighted by atomic mass is 16.5. The summed E-state index contributed by atoms with van der Waals surface area (Å²) in [5.41, 5.74) is 2.08. The van der Waals surface area contributed by atoms with Crippen LogP contribution < -0.4 is 14.2 Å². The van der Waals surface area contributed by atoms with Crippen LogP contribution in [-0.2, 0) is 20.7 Å². The maximum Gasteiger partial charge on any atom is 0.295 e. The maximum atomic E-state index is 13.3. The van der Waals surface area contributed by atoms with E-state index < -0.39 is 17.7 Å². The van der Waals surface area contributed by atoms with E-state index in [1.165, 1.54) is 4.90 Å². The van der Waals surface area contributed by atoms with Gasteiger partial charge in [-0.25, -0.2) is 0 Å². The number of carbonyl (C=O) groups excluding carboxylic acids is 2. The van der Waals surface area contributed by atoms with Gasteiger partial charge in [-0.3, -0.25) is 9.59 Å². The van der Waals surface area contributed by atoms with E-state index in [2.05, 4.69) is 6.58 Å². The van der Waals surface area contributed by atoms with Gasteiger partial charge in [-0.2, -0.15) is 0 Å². The van der Waals surface area contributed by atoms with Crippen LogP contribution in [0.4, 0.5) is 0 Å². The van der Waals surface area contributed by atoms with Gasteiger partial charge in [-0.05, 0) is 61.7 Å². The summed E-state index contributed by atoms with van der Waals surface area (Å²) >= 11 is 0. The highest BCUT2D eigenvalue weighted by Gasteiger charge is 2.46. The number of aliphatic hydroxyl groups is 1. The standard InChI is InChI=1S/C29H33NO7/c1-5-13-36-23-11-8-19(17-24(23)35-6-2)26-25(28(32)29(33)30(26)12-7-14-34-4)27(31)20-9-10-22-21(16-20)15-18(3)37-22/h5,8-11,16-18,26,31H,1,6-7,12-15H2,2-4H3/b27-25+/t18-,26-/m1/s1. The Hall–Kier alpha value is -3.78. The molecule has 2 aliphatic heterocycles. The number of methoxy groups -OCH3 is 1. The molecule has 2 atom stereocenters. The molecule has 0 aliphatic carbocycles. The van der Waals surface area contributed by atoms with E-state index in [-0.39, 0.29) is 24.0 Å². The highest BCUT2D eigenvalue weighted by molar-refractivity contribution is 6.46. The number of rotatable bonds is 11. The molecule has 1 saturated heterocycles. The minimum atomic E-state index is -0.798. The second-order valence-electron chi connectivity index (χ2n) is 9.03. The molecule has 1 fully saturated rings. The third kappa shape index (κ3) is 5.34. The summed E-state index contributed by atoms with van der Waals surface area (Å²) < 4.78 is 22.5. The molecule has 8 nitrogen and oxygen atoms in total. The van der Waals surface area contributed by atoms with Crippen LogP contribution in [-0.4, -0.2) is 61.3 Å². The number of hydrogen-bond acceptors (Lipinski definition) is 7. The first-order valence-electron chi connectivity index (χ1n) is 12.5. The molecule has 1 N–H and O–H groups in total. The van der Waals surface area contributed by atoms with E-state index in [0.717, 1.165) is 11.3 Å². The molecule has 1 amide bonds. The quantitative estimate of drug-likeness (QED) is 0.158. The number of likely N-dealkylation sites (tertiary alicyclic amines) is 1. The van der Waals surface area contributed by atoms with Gasteiger partial charge >= 0.3 is 0 Å². The predicted molar refractivity (Wildman–Crippen MR) is 139 cm³/mol. The van der Waals surface area contributed by atoms with E-state index in [4.69, 9.17) is 18.9 Å². The van der Waals surface area contributed by atoms with Crippen LogP contribution >= 0.6 is 0 Å². The molecule has 2 aromatic carbocycles. The fraction of sp³-hybridized carbons (Fsp3) is 0.379. The summed E-state index contributed by atoms with van der Waals surface area (Å²) in [6.45, 7) is 8.93. The van der Waals surface area contributed by atoms with E-state index in [1.54, 1.807) is 43.5 Å². The summed E-state index contributed by atoms with van der Waals surface area (Å²) in [6.07, 6.45) is 2.91. The van der Waals surface area contributed by atoms with Crippen LogP contribution in [0.25, 0.3) is 5.76 Å². The molecule has 2 aromatic rings. The molecule has 2 aliphatic rings. The molecular weight excluding hydrogens is 474 g/mol. The lowest BCUT2D eigenvalue weighted by molar-refractivity contribution is -0.140. The third-order valence-corrected chi connectivity index (χ3v) is 6.40. The fourth-order valence-electron chi connectivity index (χ4n) is 4.79. The number of fused-ring (bicyclic) bond motifs is 1. The Morgan fingerprint density at radius 2 is 2.00 bits per heavy atom. The number of hydrogen-bond donors (Lipinski definition) is 1. The van der Waals surface area contributed by atoms with Gasteiger partial charge in [0.2, 0.25) is 0 Å². The Balaban J connectivity index is 1.81. The van der Waals surface area contributed by atoms with Gasteiger partial charge in [0.25, 0.3) is 11.7 Å². The molecule has 0 radical (unpaired) electrons. The summed E-state index contributed by atoms with van der Waals surface area (Å²) in [7, 11) is 1.58. The van der Waals surface area contributed by atoms with Crippen LogP contribution in [0, 0.1) is 0 Å². The number of Topliss-reactive ketones (excluding diaryl/α,β-unsaturated/α-hetero) is 1. The van der Waals surface area contributed by atoms with Crippen LogP contribution in [0.2, 0.25) is 0 Å². The SMILES string of the molecule is C=CCOc1ccc([C@@H]2/C(=C(\O)c3ccc4c(c3)C[C@@H](C)O4)C(=O)C(=O)N2CCCOC)cc1OCC. The largest absolute Gasteiger partial charge is 0.507 e. The monoisotopic (exact) mass is 507 g/mol. The number of nitrogens with zero attached hydrogens (tertiary/aromatic N) is 1. The smallest absolute Gasteiger partial charge is 0.295 e. The van der Waals surface area contributed by atoms with Crippen molar-refractivity contribution in [2.75, 3.05) is 33.5 Å². The number of amides is 1. The van der Waals surface area contributed by atoms with Crippen molar-refractivity contribution >= 4 is 17.4 Å². The first kappa shape index (κ1) is 26.3. The van der Waals surface area contributed by atoms with Crippen LogP contribution in [0.5, 0.6) is 17.2 Å². The van der Waals surface area contributed by atoms with E-state index in [0.29, 0.717) is 55.3 Å². The average molecular weight is 508 g/mol. The van der Waals surface area contributed by atoms with Gasteiger partial charge in [0.1, 0.15) is 24.2 Å². The van der Waals surface area contributed by atoms with E-state index in [9.17, 15) is 14.7 Å². The first-order chi connectivity index (χ1) is 17.9. The topological polar surface area (TPSA) is 94.5 Å². The molecule has 0 unspecified atom stereocenters. The second-order valence-corrected chi connectivity index (χ2v) is 9.03. The summed E-state index contributed by atoms with van der Waals surface area (Å²) in [5.74, 6) is 0.158. The number of carbonyl (C=O) groups is 2. The average Bonchev–Trinajstić information content (AvgIpc) is 3.38. The summed E-state index contributed by atoms with van der Waals surface area (Å²) in [4.78, 5) is 28.0. The second kappa shape index (κ2) is 11.5. The van der Waals surface area contributed by atoms with Crippen molar-refractivity contribution in [3.63, 3.8) is 0 Å². The third-order valence-electron chi connectivity index (χ3n) is 6.40. The van der Waals surface area contributed by atoms with Crippen molar-refractivity contribution in [3.8, 4) is 17.2 Å². The predicted octanol–water partition coefficient (Wildman–Crippen LogP) is 4.43. The van der Waals surface area contributed by atoms with Gasteiger partial charge in [0, 0.05) is 32.2 Å². The zero-order valence-electron chi connectivity index (χ0n) is 21.5. The Morgan fingerprint density at radius 1 is 1.19 bits per heavy atom. The summed E-state index contributed by atoms with van der Waals surface area (Å²) in [6, 6.07) is 9.80. The van der Waals surface area contributed by atoms with Gasteiger partial charge < -0.3 is 29.0 Å². The Kier molecular flexibility index (Phi) is 8.18. The fourth-order valence-corrected chi connectivity index (χ4v) is 4.79. The molecular formula is C29H33NO7. The first-order valence-corrected chi connectivity index (χ1v) is 12.5. The van der Waals surface area contributed by atoms with Crippen molar-refractivity contribution in [3.05, 3.63) is 71.3 Å². The molecule has 196 valence electrons. The van der Waals surface area contributed by atoms with E-state index in [1.807, 2.05) is 19.9 Å². The Labute approximate surface area is 217 Å². The normalized spacial score (nSPS) is 20.0. The number of ether oxygens (including phenoxy) is 4. The van der Waals surface area contributed by atoms with Crippen molar-refractivity contribution < 1.29 is 33.6 Å². The molecule has 0 aromatic heterocycles. The van der Waals surface area contributed by atoms with Gasteiger partial charge in [-0.1, -0.05) is 18.7 Å². The van der Waals surface area contributed by atoms with Crippen molar-refractivity contribution in [1.29, 1.82) is 0 Å². The van der Waals surface area contributed by atoms with Crippen LogP contribution in [0.15, 0.2) is 54.6 Å². The van der Waals surface area contributed by atoms with Crippen molar-refractivity contribution in [1.82, 2.24) is 4.90 Å². The Bertz CT molecular complexity index is 1220. The van der Waals surface area contributed by atoms with Crippen LogP contribution in [0.3, 0.4) is 0 Å². The molecule has 4 rings (SSSR count). The zero-order valence-corrected chi connectivity index (χ0v) is 21.5. The lowest BCUT2D eigenvalue weighted by Gasteiger charge is -2.26. The molecule has 0 spiro atoms. The van der Waals surface area contributed by atoms with Gasteiger partial charge in [0.15, 0.2) is 11.5 Å². The van der Waals surface area contributed by atoms with E-state index >= 15 is 0 Å². The molecule has 0 bridgehead atoms. The minimum Gasteiger partial charge on any atom is -0.507 e. The molecule has 2 heterocycles. The highest BCUT2D eigenvalue weighted by Crippen LogP contribution is 2.43. The number of ketones is 1. The molecule has 37 heavy (non-hydrogen) atoms. The van der Waals surface area contributed by atoms with Gasteiger partial charge in [-0.15, -0.1) is 0 Å². The summed E-state index contributed by atoms with van der Waals surface area (Å²) in [5, 5.41) is 11.4. The molecule has 8 heteroatoms. The zero-order chi connectivity index (χ0) is 26.5. The maximum absolute atomic E-state index is 13.3. The number of aliphatic hydroxyl groups excluding tert-OH is 1. The van der Waals surface area contributed by atoms with Crippen molar-refractivity contribution in [2.24, 2.45) is 0 Å². The van der Waals surface area contributed by atoms with Crippen LogP contribution in [0.1, 0.15) is 43.0 Å². The minimum absolute atomic E-state index is 0.0385.